The van der Waals surface area contributed by atoms with E-state index in [2.05, 4.69) is 20.8 Å². The van der Waals surface area contributed by atoms with E-state index in [1.165, 1.54) is 12.8 Å². The van der Waals surface area contributed by atoms with Gasteiger partial charge in [0.1, 0.15) is 5.78 Å². The van der Waals surface area contributed by atoms with Gasteiger partial charge in [0.05, 0.1) is 0 Å². The van der Waals surface area contributed by atoms with Crippen molar-refractivity contribution < 1.29 is 4.79 Å². The third kappa shape index (κ3) is 3.13. The summed E-state index contributed by atoms with van der Waals surface area (Å²) in [4.78, 5) is 11.8. The van der Waals surface area contributed by atoms with Crippen LogP contribution in [-0.4, -0.2) is 5.78 Å². The lowest BCUT2D eigenvalue weighted by Crippen LogP contribution is -2.16. The molecule has 0 spiro atoms. The van der Waals surface area contributed by atoms with Gasteiger partial charge in [0.2, 0.25) is 0 Å². The number of hydrogen-bond donors (Lipinski definition) is 0. The van der Waals surface area contributed by atoms with Crippen molar-refractivity contribution in [2.24, 2.45) is 17.8 Å². The molecule has 0 amide bonds. The lowest BCUT2D eigenvalue weighted by Gasteiger charge is -2.14. The van der Waals surface area contributed by atoms with Gasteiger partial charge >= 0.3 is 0 Å². The molecule has 1 nitrogen and oxygen atoms in total. The molecule has 1 aliphatic carbocycles. The van der Waals surface area contributed by atoms with Crippen LogP contribution in [0.4, 0.5) is 0 Å². The van der Waals surface area contributed by atoms with Crippen LogP contribution in [0.1, 0.15) is 52.9 Å². The van der Waals surface area contributed by atoms with Gasteiger partial charge < -0.3 is 0 Å². The normalized spacial score (nSPS) is 19.1. The summed E-state index contributed by atoms with van der Waals surface area (Å²) in [6.45, 7) is 6.48. The fourth-order valence-corrected chi connectivity index (χ4v) is 1.91. The Labute approximate surface area is 81.9 Å². The molecule has 0 saturated heterocycles. The second-order valence-electron chi connectivity index (χ2n) is 4.48. The predicted molar refractivity (Wildman–Crippen MR) is 55.6 cm³/mol. The van der Waals surface area contributed by atoms with Crippen LogP contribution in [-0.2, 0) is 4.79 Å². The molecule has 1 unspecified atom stereocenters. The molecular weight excluding hydrogens is 160 g/mol. The van der Waals surface area contributed by atoms with Crippen LogP contribution in [0.5, 0.6) is 0 Å². The monoisotopic (exact) mass is 182 g/mol. The summed E-state index contributed by atoms with van der Waals surface area (Å²) >= 11 is 0. The Balaban J connectivity index is 2.29. The van der Waals surface area contributed by atoms with Crippen molar-refractivity contribution in [1.82, 2.24) is 0 Å². The Bertz CT molecular complexity index is 166. The molecule has 0 radical (unpaired) electrons. The van der Waals surface area contributed by atoms with Gasteiger partial charge in [0.15, 0.2) is 0 Å². The third-order valence-electron chi connectivity index (χ3n) is 3.48. The molecule has 1 heteroatoms. The van der Waals surface area contributed by atoms with Gasteiger partial charge in [-0.25, -0.2) is 0 Å². The molecule has 0 aliphatic heterocycles. The van der Waals surface area contributed by atoms with Crippen LogP contribution in [0.3, 0.4) is 0 Å². The summed E-state index contributed by atoms with van der Waals surface area (Å²) in [6, 6.07) is 0. The van der Waals surface area contributed by atoms with Gasteiger partial charge in [-0.3, -0.25) is 4.79 Å². The molecule has 1 rings (SSSR count). The van der Waals surface area contributed by atoms with E-state index in [0.717, 1.165) is 25.2 Å². The first-order chi connectivity index (χ1) is 6.19. The molecule has 0 heterocycles. The van der Waals surface area contributed by atoms with Crippen LogP contribution < -0.4 is 0 Å². The van der Waals surface area contributed by atoms with Gasteiger partial charge in [0.25, 0.3) is 0 Å². The molecule has 0 aromatic carbocycles. The number of Topliss-reactive ketones (excluding diaryl/α,β-unsaturated/α-hetero) is 1. The number of carbonyl (C=O) groups is 1. The maximum absolute atomic E-state index is 11.8. The Morgan fingerprint density at radius 3 is 2.23 bits per heavy atom. The number of rotatable bonds is 6. The van der Waals surface area contributed by atoms with Crippen LogP contribution in [0.25, 0.3) is 0 Å². The highest BCUT2D eigenvalue weighted by molar-refractivity contribution is 5.81. The molecule has 0 bridgehead atoms. The second kappa shape index (κ2) is 4.78. The Kier molecular flexibility index (Phi) is 3.95. The summed E-state index contributed by atoms with van der Waals surface area (Å²) in [7, 11) is 0. The van der Waals surface area contributed by atoms with E-state index in [1.54, 1.807) is 0 Å². The van der Waals surface area contributed by atoms with Crippen molar-refractivity contribution in [3.63, 3.8) is 0 Å². The van der Waals surface area contributed by atoms with Crippen LogP contribution in [0.15, 0.2) is 0 Å². The molecule has 13 heavy (non-hydrogen) atoms. The van der Waals surface area contributed by atoms with E-state index in [1.807, 2.05) is 0 Å². The first-order valence-electron chi connectivity index (χ1n) is 5.71. The van der Waals surface area contributed by atoms with Gasteiger partial charge in [-0.1, -0.05) is 33.6 Å². The molecule has 0 aromatic rings. The highest BCUT2D eigenvalue weighted by Crippen LogP contribution is 2.38. The standard InChI is InChI=1S/C12H22O/c1-4-10(5-2)8-12(13)9(3)11-6-7-11/h9-11H,4-8H2,1-3H3. The van der Waals surface area contributed by atoms with Crippen molar-refractivity contribution in [2.45, 2.75) is 52.9 Å². The third-order valence-corrected chi connectivity index (χ3v) is 3.48. The number of hydrogen-bond acceptors (Lipinski definition) is 1. The Morgan fingerprint density at radius 1 is 1.31 bits per heavy atom. The molecule has 1 atom stereocenters. The molecular formula is C12H22O. The van der Waals surface area contributed by atoms with E-state index >= 15 is 0 Å². The number of carbonyl (C=O) groups excluding carboxylic acids is 1. The van der Waals surface area contributed by atoms with Crippen molar-refractivity contribution in [3.8, 4) is 0 Å². The Morgan fingerprint density at radius 2 is 1.85 bits per heavy atom. The lowest BCUT2D eigenvalue weighted by atomic mass is 9.90. The van der Waals surface area contributed by atoms with Crippen LogP contribution in [0.2, 0.25) is 0 Å². The van der Waals surface area contributed by atoms with Crippen molar-refractivity contribution in [3.05, 3.63) is 0 Å². The smallest absolute Gasteiger partial charge is 0.136 e. The van der Waals surface area contributed by atoms with Crippen molar-refractivity contribution in [2.75, 3.05) is 0 Å². The first kappa shape index (κ1) is 10.7. The van der Waals surface area contributed by atoms with Gasteiger partial charge in [-0.2, -0.15) is 0 Å². The minimum absolute atomic E-state index is 0.348. The zero-order chi connectivity index (χ0) is 9.84. The maximum Gasteiger partial charge on any atom is 0.136 e. The SMILES string of the molecule is CCC(CC)CC(=O)C(C)C1CC1. The highest BCUT2D eigenvalue weighted by Gasteiger charge is 2.32. The Hall–Kier alpha value is -0.330. The van der Waals surface area contributed by atoms with Gasteiger partial charge in [0, 0.05) is 12.3 Å². The molecule has 1 saturated carbocycles. The quantitative estimate of drug-likeness (QED) is 0.615. The minimum atomic E-state index is 0.348. The van der Waals surface area contributed by atoms with E-state index in [0.29, 0.717) is 17.6 Å². The lowest BCUT2D eigenvalue weighted by molar-refractivity contribution is -0.123. The minimum Gasteiger partial charge on any atom is -0.299 e. The summed E-state index contributed by atoms with van der Waals surface area (Å²) in [6.07, 6.45) is 5.70. The average Bonchev–Trinajstić information content (AvgIpc) is 2.95. The largest absolute Gasteiger partial charge is 0.299 e. The van der Waals surface area contributed by atoms with Crippen molar-refractivity contribution >= 4 is 5.78 Å². The first-order valence-corrected chi connectivity index (χ1v) is 5.71. The zero-order valence-corrected chi connectivity index (χ0v) is 9.18. The van der Waals surface area contributed by atoms with Gasteiger partial charge in [-0.05, 0) is 24.7 Å². The average molecular weight is 182 g/mol. The maximum atomic E-state index is 11.8. The van der Waals surface area contributed by atoms with Crippen LogP contribution in [0, 0.1) is 17.8 Å². The fourth-order valence-electron chi connectivity index (χ4n) is 1.91. The second-order valence-corrected chi connectivity index (χ2v) is 4.48. The molecule has 76 valence electrons. The zero-order valence-electron chi connectivity index (χ0n) is 9.18. The van der Waals surface area contributed by atoms with E-state index < -0.39 is 0 Å². The molecule has 0 aromatic heterocycles. The topological polar surface area (TPSA) is 17.1 Å². The van der Waals surface area contributed by atoms with E-state index in [4.69, 9.17) is 0 Å². The molecule has 0 N–H and O–H groups in total. The molecule has 1 fully saturated rings. The van der Waals surface area contributed by atoms with E-state index in [-0.39, 0.29) is 0 Å². The van der Waals surface area contributed by atoms with E-state index in [9.17, 15) is 4.79 Å². The summed E-state index contributed by atoms with van der Waals surface area (Å²) in [5.74, 6) is 2.23. The summed E-state index contributed by atoms with van der Waals surface area (Å²) in [5.41, 5.74) is 0. The fraction of sp³-hybridized carbons (Fsp3) is 0.917. The van der Waals surface area contributed by atoms with Crippen molar-refractivity contribution in [1.29, 1.82) is 0 Å². The summed E-state index contributed by atoms with van der Waals surface area (Å²) in [5, 5.41) is 0. The predicted octanol–water partition coefficient (Wildman–Crippen LogP) is 3.43. The molecule has 1 aliphatic rings. The van der Waals surface area contributed by atoms with Gasteiger partial charge in [-0.15, -0.1) is 0 Å². The van der Waals surface area contributed by atoms with Crippen LogP contribution >= 0.6 is 0 Å². The summed E-state index contributed by atoms with van der Waals surface area (Å²) < 4.78 is 0. The number of ketones is 1. The highest BCUT2D eigenvalue weighted by atomic mass is 16.1.